The van der Waals surface area contributed by atoms with Crippen molar-refractivity contribution in [2.45, 2.75) is 65.3 Å². The molecule has 0 saturated heterocycles. The fraction of sp³-hybridized carbons (Fsp3) is 0.414. The van der Waals surface area contributed by atoms with Gasteiger partial charge < -0.3 is 14.8 Å². The standard InChI is InChI=1S/C29H33ClN6O8/c1-6-21(16-7-9-20(22(13-16)36(41)42)26(38)44-29(2,3)4)31-27(39)35-15-24-32-33-28(40)34(24)14-18(25(35)37)11-17-12-19(30)8-10-23(17)43-5/h7-10,12-13,18,21H,6,11,14-15H2,1-5H3,(H,31,39)(H,33,40)/t18-,21+/m0/s1. The van der Waals surface area contributed by atoms with Crippen molar-refractivity contribution in [2.24, 2.45) is 5.92 Å². The van der Waals surface area contributed by atoms with Gasteiger partial charge >= 0.3 is 17.7 Å². The Kier molecular flexibility index (Phi) is 9.42. The van der Waals surface area contributed by atoms with Crippen LogP contribution in [0.4, 0.5) is 10.5 Å². The Labute approximate surface area is 257 Å². The van der Waals surface area contributed by atoms with E-state index in [1.807, 2.05) is 0 Å². The average Bonchev–Trinajstić information content (AvgIpc) is 3.23. The number of H-pyrrole nitrogens is 1. The van der Waals surface area contributed by atoms with Crippen LogP contribution in [0.15, 0.2) is 41.2 Å². The second-order valence-electron chi connectivity index (χ2n) is 11.3. The van der Waals surface area contributed by atoms with Crippen LogP contribution in [0.5, 0.6) is 5.75 Å². The number of nitro benzene ring substituents is 1. The van der Waals surface area contributed by atoms with Crippen molar-refractivity contribution in [3.8, 4) is 5.75 Å². The van der Waals surface area contributed by atoms with Crippen molar-refractivity contribution in [1.82, 2.24) is 25.0 Å². The SMILES string of the molecule is CC[C@@H](NC(=O)N1Cc2n[nH]c(=O)n2C[C@H](Cc2cc(Cl)ccc2OC)C1=O)c1ccc(C(=O)OC(C)(C)C)c([N+](=O)[O-])c1. The number of fused-ring (bicyclic) bond motifs is 1. The third kappa shape index (κ3) is 7.08. The van der Waals surface area contributed by atoms with Gasteiger partial charge in [-0.2, -0.15) is 5.10 Å². The van der Waals surface area contributed by atoms with E-state index in [4.69, 9.17) is 21.1 Å². The summed E-state index contributed by atoms with van der Waals surface area (Å²) in [7, 11) is 1.48. The second kappa shape index (κ2) is 12.9. The highest BCUT2D eigenvalue weighted by atomic mass is 35.5. The number of benzene rings is 2. The Balaban J connectivity index is 1.64. The summed E-state index contributed by atoms with van der Waals surface area (Å²) in [5.74, 6) is -1.60. The molecule has 234 valence electrons. The molecule has 1 aliphatic heterocycles. The number of methoxy groups -OCH3 is 1. The molecule has 0 spiro atoms. The quantitative estimate of drug-likeness (QED) is 0.210. The fourth-order valence-corrected chi connectivity index (χ4v) is 5.16. The van der Waals surface area contributed by atoms with Crippen molar-refractivity contribution < 1.29 is 28.8 Å². The molecule has 2 heterocycles. The summed E-state index contributed by atoms with van der Waals surface area (Å²) < 4.78 is 12.0. The first kappa shape index (κ1) is 32.2. The maximum absolute atomic E-state index is 13.8. The van der Waals surface area contributed by atoms with Crippen molar-refractivity contribution >= 4 is 35.2 Å². The number of ether oxygens (including phenoxy) is 2. The minimum absolute atomic E-state index is 0.0432. The van der Waals surface area contributed by atoms with Gasteiger partial charge in [0, 0.05) is 17.6 Å². The minimum Gasteiger partial charge on any atom is -0.496 e. The Morgan fingerprint density at radius 3 is 2.59 bits per heavy atom. The largest absolute Gasteiger partial charge is 0.496 e. The van der Waals surface area contributed by atoms with Crippen LogP contribution in [0.2, 0.25) is 5.02 Å². The van der Waals surface area contributed by atoms with Crippen LogP contribution in [-0.4, -0.2) is 55.2 Å². The lowest BCUT2D eigenvalue weighted by Gasteiger charge is -2.26. The Morgan fingerprint density at radius 2 is 1.95 bits per heavy atom. The van der Waals surface area contributed by atoms with Crippen LogP contribution < -0.4 is 15.7 Å². The third-order valence-corrected chi connectivity index (χ3v) is 7.29. The number of amides is 3. The van der Waals surface area contributed by atoms with Gasteiger partial charge in [0.25, 0.3) is 5.69 Å². The van der Waals surface area contributed by atoms with Crippen LogP contribution in [0.1, 0.15) is 67.5 Å². The Bertz CT molecular complexity index is 1660. The molecule has 3 aromatic rings. The third-order valence-electron chi connectivity index (χ3n) is 7.05. The van der Waals surface area contributed by atoms with Crippen LogP contribution >= 0.6 is 11.6 Å². The highest BCUT2D eigenvalue weighted by molar-refractivity contribution is 6.30. The summed E-state index contributed by atoms with van der Waals surface area (Å²) >= 11 is 6.19. The Hall–Kier alpha value is -4.72. The molecular weight excluding hydrogens is 596 g/mol. The van der Waals surface area contributed by atoms with Gasteiger partial charge in [-0.15, -0.1) is 0 Å². The molecule has 1 aromatic heterocycles. The fourth-order valence-electron chi connectivity index (χ4n) is 4.96. The van der Waals surface area contributed by atoms with Crippen LogP contribution in [0, 0.1) is 16.0 Å². The van der Waals surface area contributed by atoms with Gasteiger partial charge in [0.2, 0.25) is 5.91 Å². The molecule has 0 unspecified atom stereocenters. The molecule has 0 fully saturated rings. The lowest BCUT2D eigenvalue weighted by atomic mass is 9.97. The molecule has 0 bridgehead atoms. The zero-order valence-electron chi connectivity index (χ0n) is 24.9. The van der Waals surface area contributed by atoms with Gasteiger partial charge in [-0.3, -0.25) is 24.4 Å². The summed E-state index contributed by atoms with van der Waals surface area (Å²) in [6.45, 7) is 6.37. The molecule has 15 heteroatoms. The smallest absolute Gasteiger partial charge is 0.345 e. The highest BCUT2D eigenvalue weighted by Crippen LogP contribution is 2.30. The van der Waals surface area contributed by atoms with E-state index in [9.17, 15) is 29.3 Å². The molecule has 0 aliphatic carbocycles. The summed E-state index contributed by atoms with van der Waals surface area (Å²) in [4.78, 5) is 64.8. The maximum atomic E-state index is 13.8. The van der Waals surface area contributed by atoms with Crippen molar-refractivity contribution in [2.75, 3.05) is 7.11 Å². The molecule has 0 saturated carbocycles. The maximum Gasteiger partial charge on any atom is 0.345 e. The lowest BCUT2D eigenvalue weighted by Crippen LogP contribution is -2.46. The van der Waals surface area contributed by atoms with E-state index in [1.165, 1.54) is 29.9 Å². The molecule has 1 aliphatic rings. The Morgan fingerprint density at radius 1 is 1.23 bits per heavy atom. The molecule has 44 heavy (non-hydrogen) atoms. The number of carbonyl (C=O) groups excluding carboxylic acids is 3. The number of hydrogen-bond donors (Lipinski definition) is 2. The number of nitrogens with zero attached hydrogens (tertiary/aromatic N) is 4. The number of nitrogens with one attached hydrogen (secondary N) is 2. The zero-order valence-corrected chi connectivity index (χ0v) is 25.6. The van der Waals surface area contributed by atoms with Crippen LogP contribution in [0.3, 0.4) is 0 Å². The van der Waals surface area contributed by atoms with Crippen LogP contribution in [0.25, 0.3) is 0 Å². The molecule has 0 radical (unpaired) electrons. The van der Waals surface area contributed by atoms with Gasteiger partial charge in [-0.1, -0.05) is 24.6 Å². The number of aromatic nitrogens is 3. The first-order valence-corrected chi connectivity index (χ1v) is 14.2. The van der Waals surface area contributed by atoms with E-state index in [0.717, 1.165) is 4.90 Å². The lowest BCUT2D eigenvalue weighted by molar-refractivity contribution is -0.385. The summed E-state index contributed by atoms with van der Waals surface area (Å²) in [5.41, 5.74) is -1.14. The van der Waals surface area contributed by atoms with Gasteiger partial charge in [-0.25, -0.2) is 19.5 Å². The molecule has 2 N–H and O–H groups in total. The van der Waals surface area contributed by atoms with Crippen molar-refractivity contribution in [1.29, 1.82) is 0 Å². The number of esters is 1. The predicted octanol–water partition coefficient (Wildman–Crippen LogP) is 4.16. The minimum atomic E-state index is -0.863. The van der Waals surface area contributed by atoms with Gasteiger partial charge in [0.1, 0.15) is 16.9 Å². The number of aromatic amines is 1. The molecule has 2 atom stereocenters. The number of imide groups is 1. The first-order valence-electron chi connectivity index (χ1n) is 13.8. The average molecular weight is 629 g/mol. The van der Waals surface area contributed by atoms with Gasteiger partial charge in [-0.05, 0) is 69.0 Å². The van der Waals surface area contributed by atoms with Gasteiger partial charge in [0.15, 0.2) is 5.82 Å². The number of hydrogen-bond acceptors (Lipinski definition) is 9. The topological polar surface area (TPSA) is 179 Å². The van der Waals surface area contributed by atoms with E-state index in [1.54, 1.807) is 45.9 Å². The monoisotopic (exact) mass is 628 g/mol. The molecule has 4 rings (SSSR count). The number of halogens is 1. The van der Waals surface area contributed by atoms with Gasteiger partial charge in [0.05, 0.1) is 30.5 Å². The second-order valence-corrected chi connectivity index (χ2v) is 11.7. The molecule has 2 aromatic carbocycles. The van der Waals surface area contributed by atoms with E-state index < -0.39 is 51.8 Å². The first-order chi connectivity index (χ1) is 20.7. The summed E-state index contributed by atoms with van der Waals surface area (Å²) in [6, 6.07) is 7.39. The normalized spacial score (nSPS) is 15.6. The summed E-state index contributed by atoms with van der Waals surface area (Å²) in [6.07, 6.45) is 0.409. The van der Waals surface area contributed by atoms with Crippen LogP contribution in [-0.2, 0) is 29.0 Å². The van der Waals surface area contributed by atoms with E-state index in [2.05, 4.69) is 15.5 Å². The van der Waals surface area contributed by atoms with E-state index in [0.29, 0.717) is 28.3 Å². The number of carbonyl (C=O) groups is 3. The number of urea groups is 1. The predicted molar refractivity (Wildman–Crippen MR) is 158 cm³/mol. The van der Waals surface area contributed by atoms with E-state index >= 15 is 0 Å². The molecule has 3 amide bonds. The van der Waals surface area contributed by atoms with Crippen molar-refractivity contribution in [3.05, 3.63) is 84.5 Å². The number of rotatable bonds is 8. The molecule has 14 nitrogen and oxygen atoms in total. The molecular formula is C29H33ClN6O8. The number of nitro groups is 1. The van der Waals surface area contributed by atoms with E-state index in [-0.39, 0.29) is 30.9 Å². The van der Waals surface area contributed by atoms with Crippen molar-refractivity contribution in [3.63, 3.8) is 0 Å². The highest BCUT2D eigenvalue weighted by Gasteiger charge is 2.36. The zero-order chi connectivity index (χ0) is 32.3. The summed E-state index contributed by atoms with van der Waals surface area (Å²) in [5, 5.41) is 21.4.